The van der Waals surface area contributed by atoms with Gasteiger partial charge in [0.2, 0.25) is 5.91 Å². The Morgan fingerprint density at radius 2 is 2.10 bits per heavy atom. The Morgan fingerprint density at radius 3 is 2.60 bits per heavy atom. The second-order valence-electron chi connectivity index (χ2n) is 5.37. The highest BCUT2D eigenvalue weighted by Gasteiger charge is 2.35. The van der Waals surface area contributed by atoms with Crippen molar-refractivity contribution in [2.24, 2.45) is 7.05 Å². The monoisotopic (exact) mass is 295 g/mol. The van der Waals surface area contributed by atoms with Gasteiger partial charge in [-0.25, -0.2) is 0 Å². The molecule has 5 nitrogen and oxygen atoms in total. The lowest BCUT2D eigenvalue weighted by atomic mass is 10.1. The summed E-state index contributed by atoms with van der Waals surface area (Å²) in [6, 6.07) is 0.00811. The van der Waals surface area contributed by atoms with Crippen LogP contribution < -0.4 is 0 Å². The molecule has 1 fully saturated rings. The predicted octanol–water partition coefficient (Wildman–Crippen LogP) is 1.98. The summed E-state index contributed by atoms with van der Waals surface area (Å²) in [5.41, 5.74) is 3.17. The largest absolute Gasteiger partial charge is 0.335 e. The molecule has 1 aliphatic heterocycles. The van der Waals surface area contributed by atoms with Gasteiger partial charge in [0.25, 0.3) is 0 Å². The van der Waals surface area contributed by atoms with Crippen molar-refractivity contribution in [1.29, 1.82) is 0 Å². The van der Waals surface area contributed by atoms with E-state index in [1.54, 1.807) is 6.92 Å². The van der Waals surface area contributed by atoms with Crippen molar-refractivity contribution in [3.63, 3.8) is 0 Å². The summed E-state index contributed by atoms with van der Waals surface area (Å²) in [7, 11) is 1.92. The van der Waals surface area contributed by atoms with Crippen LogP contribution in [0.4, 0.5) is 0 Å². The van der Waals surface area contributed by atoms with Crippen molar-refractivity contribution in [3.05, 3.63) is 17.0 Å². The first kappa shape index (κ1) is 15.1. The third-order valence-corrected chi connectivity index (χ3v) is 4.89. The summed E-state index contributed by atoms with van der Waals surface area (Å²) >= 11 is 1.27. The van der Waals surface area contributed by atoms with E-state index in [0.29, 0.717) is 13.0 Å². The Kier molecular flexibility index (Phi) is 4.22. The number of hydrogen-bond acceptors (Lipinski definition) is 4. The third kappa shape index (κ3) is 2.75. The fraction of sp³-hybridized carbons (Fsp3) is 0.643. The summed E-state index contributed by atoms with van der Waals surface area (Å²) < 4.78 is 1.85. The summed E-state index contributed by atoms with van der Waals surface area (Å²) in [6.07, 6.45) is 0.451. The van der Waals surface area contributed by atoms with Crippen LogP contribution in [0.2, 0.25) is 0 Å². The summed E-state index contributed by atoms with van der Waals surface area (Å²) in [4.78, 5) is 25.2. The Bertz CT molecular complexity index is 553. The fourth-order valence-corrected chi connectivity index (χ4v) is 3.87. The SMILES string of the molecule is CC(=O)SC1CC(=O)N(C(C)c2c(C)nn(C)c2C)C1. The molecule has 0 saturated carbocycles. The number of rotatable bonds is 3. The van der Waals surface area contributed by atoms with E-state index in [1.165, 1.54) is 11.8 Å². The number of hydrogen-bond donors (Lipinski definition) is 0. The van der Waals surface area contributed by atoms with Crippen LogP contribution in [0.5, 0.6) is 0 Å². The molecule has 1 amide bonds. The fourth-order valence-electron chi connectivity index (χ4n) is 2.94. The summed E-state index contributed by atoms with van der Waals surface area (Å²) in [5, 5.41) is 4.57. The van der Waals surface area contributed by atoms with Gasteiger partial charge in [-0.3, -0.25) is 14.3 Å². The van der Waals surface area contributed by atoms with E-state index in [4.69, 9.17) is 0 Å². The first-order valence-electron chi connectivity index (χ1n) is 6.78. The Balaban J connectivity index is 2.19. The predicted molar refractivity (Wildman–Crippen MR) is 79.5 cm³/mol. The quantitative estimate of drug-likeness (QED) is 0.855. The molecule has 1 aliphatic rings. The highest BCUT2D eigenvalue weighted by molar-refractivity contribution is 8.14. The highest BCUT2D eigenvalue weighted by Crippen LogP contribution is 2.33. The number of nitrogens with zero attached hydrogens (tertiary/aromatic N) is 3. The smallest absolute Gasteiger partial charge is 0.224 e. The maximum atomic E-state index is 12.2. The topological polar surface area (TPSA) is 55.2 Å². The molecule has 0 spiro atoms. The van der Waals surface area contributed by atoms with Crippen LogP contribution in [0.25, 0.3) is 0 Å². The van der Waals surface area contributed by atoms with E-state index in [0.717, 1.165) is 17.0 Å². The van der Waals surface area contributed by atoms with Gasteiger partial charge in [0, 0.05) is 43.4 Å². The normalized spacial score (nSPS) is 20.6. The molecule has 20 heavy (non-hydrogen) atoms. The number of likely N-dealkylation sites (tertiary alicyclic amines) is 1. The van der Waals surface area contributed by atoms with Gasteiger partial charge in [-0.15, -0.1) is 0 Å². The van der Waals surface area contributed by atoms with Crippen molar-refractivity contribution < 1.29 is 9.59 Å². The molecule has 110 valence electrons. The van der Waals surface area contributed by atoms with Crippen molar-refractivity contribution in [2.45, 2.75) is 45.4 Å². The van der Waals surface area contributed by atoms with Gasteiger partial charge in [-0.05, 0) is 20.8 Å². The number of amides is 1. The van der Waals surface area contributed by atoms with Crippen molar-refractivity contribution in [3.8, 4) is 0 Å². The molecule has 1 saturated heterocycles. The van der Waals surface area contributed by atoms with Gasteiger partial charge in [-0.1, -0.05) is 11.8 Å². The minimum absolute atomic E-state index is 0.00811. The molecule has 6 heteroatoms. The molecular formula is C14H21N3O2S. The molecular weight excluding hydrogens is 274 g/mol. The number of aromatic nitrogens is 2. The molecule has 0 N–H and O–H groups in total. The molecule has 2 unspecified atom stereocenters. The molecule has 2 rings (SSSR count). The summed E-state index contributed by atoms with van der Waals surface area (Å²) in [5.74, 6) is 0.124. The van der Waals surface area contributed by atoms with Crippen molar-refractivity contribution in [2.75, 3.05) is 6.54 Å². The minimum atomic E-state index is 0.00811. The lowest BCUT2D eigenvalue weighted by Gasteiger charge is -2.25. The van der Waals surface area contributed by atoms with Gasteiger partial charge in [-0.2, -0.15) is 5.10 Å². The molecule has 2 atom stereocenters. The zero-order chi connectivity index (χ0) is 15.0. The van der Waals surface area contributed by atoms with Crippen molar-refractivity contribution in [1.82, 2.24) is 14.7 Å². The van der Waals surface area contributed by atoms with E-state index < -0.39 is 0 Å². The van der Waals surface area contributed by atoms with Gasteiger partial charge in [0.15, 0.2) is 5.12 Å². The molecule has 0 radical (unpaired) electrons. The lowest BCUT2D eigenvalue weighted by molar-refractivity contribution is -0.129. The van der Waals surface area contributed by atoms with E-state index in [-0.39, 0.29) is 22.3 Å². The van der Waals surface area contributed by atoms with Gasteiger partial charge in [0.1, 0.15) is 0 Å². The standard InChI is InChI=1S/C14H21N3O2S/c1-8-14(9(2)16(5)15-8)10(3)17-7-12(6-13(17)19)20-11(4)18/h10,12H,6-7H2,1-5H3. The second-order valence-corrected chi connectivity index (χ2v) is 6.84. The molecule has 0 bridgehead atoms. The zero-order valence-corrected chi connectivity index (χ0v) is 13.5. The number of thioether (sulfide) groups is 1. The zero-order valence-electron chi connectivity index (χ0n) is 12.6. The highest BCUT2D eigenvalue weighted by atomic mass is 32.2. The molecule has 1 aromatic rings. The van der Waals surface area contributed by atoms with Crippen LogP contribution in [0, 0.1) is 13.8 Å². The Labute approximate surface area is 123 Å². The average molecular weight is 295 g/mol. The first-order chi connectivity index (χ1) is 9.31. The van der Waals surface area contributed by atoms with Crippen LogP contribution in [0.1, 0.15) is 43.3 Å². The van der Waals surface area contributed by atoms with Gasteiger partial charge in [0.05, 0.1) is 11.7 Å². The molecule has 2 heterocycles. The van der Waals surface area contributed by atoms with Crippen LogP contribution in [0.15, 0.2) is 0 Å². The van der Waals surface area contributed by atoms with Gasteiger partial charge < -0.3 is 4.90 Å². The van der Waals surface area contributed by atoms with E-state index in [9.17, 15) is 9.59 Å². The van der Waals surface area contributed by atoms with E-state index in [2.05, 4.69) is 5.10 Å². The van der Waals surface area contributed by atoms with Crippen LogP contribution >= 0.6 is 11.8 Å². The van der Waals surface area contributed by atoms with Crippen LogP contribution in [0.3, 0.4) is 0 Å². The van der Waals surface area contributed by atoms with Crippen LogP contribution in [-0.4, -0.2) is 37.5 Å². The average Bonchev–Trinajstić information content (AvgIpc) is 2.79. The number of carbonyl (C=O) groups excluding carboxylic acids is 2. The Morgan fingerprint density at radius 1 is 1.45 bits per heavy atom. The van der Waals surface area contributed by atoms with Crippen molar-refractivity contribution >= 4 is 22.8 Å². The number of aryl methyl sites for hydroxylation is 2. The third-order valence-electron chi connectivity index (χ3n) is 3.91. The lowest BCUT2D eigenvalue weighted by Crippen LogP contribution is -2.29. The minimum Gasteiger partial charge on any atom is -0.335 e. The number of carbonyl (C=O) groups is 2. The van der Waals surface area contributed by atoms with Gasteiger partial charge >= 0.3 is 0 Å². The first-order valence-corrected chi connectivity index (χ1v) is 7.66. The molecule has 1 aromatic heterocycles. The maximum Gasteiger partial charge on any atom is 0.224 e. The molecule has 0 aliphatic carbocycles. The van der Waals surface area contributed by atoms with Crippen LogP contribution in [-0.2, 0) is 16.6 Å². The van der Waals surface area contributed by atoms with E-state index in [1.807, 2.05) is 37.4 Å². The maximum absolute atomic E-state index is 12.2. The van der Waals surface area contributed by atoms with E-state index >= 15 is 0 Å². The molecule has 0 aromatic carbocycles. The Hall–Kier alpha value is -1.30. The summed E-state index contributed by atoms with van der Waals surface area (Å²) in [6.45, 7) is 8.22. The second kappa shape index (κ2) is 5.60.